The van der Waals surface area contributed by atoms with Gasteiger partial charge < -0.3 is 0 Å². The van der Waals surface area contributed by atoms with E-state index in [1.807, 2.05) is 0 Å². The van der Waals surface area contributed by atoms with Crippen LogP contribution in [-0.4, -0.2) is 15.7 Å². The molecular weight excluding hydrogens is 872 g/mol. The van der Waals surface area contributed by atoms with Crippen LogP contribution in [0.1, 0.15) is 107 Å². The molecule has 8 rings (SSSR count). The summed E-state index contributed by atoms with van der Waals surface area (Å²) in [5.74, 6) is 1.81. The summed E-state index contributed by atoms with van der Waals surface area (Å²) in [7, 11) is 10.3. The molecule has 7 heteroatoms. The molecule has 2 aliphatic carbocycles. The van der Waals surface area contributed by atoms with E-state index in [1.165, 1.54) is 143 Å². The molecule has 312 valence electrons. The van der Waals surface area contributed by atoms with E-state index in [0.29, 0.717) is 9.52 Å². The van der Waals surface area contributed by atoms with E-state index in [4.69, 9.17) is 17.0 Å². The van der Waals surface area contributed by atoms with Crippen molar-refractivity contribution in [1.29, 1.82) is 0 Å². The van der Waals surface area contributed by atoms with E-state index in [9.17, 15) is 13.2 Å². The summed E-state index contributed by atoms with van der Waals surface area (Å²) in [5.41, 5.74) is 11.3. The third-order valence-corrected chi connectivity index (χ3v) is 12.9. The first-order valence-corrected chi connectivity index (χ1v) is 29.9. The van der Waals surface area contributed by atoms with E-state index >= 15 is 0 Å². The van der Waals surface area contributed by atoms with Crippen LogP contribution in [0.5, 0.6) is 0 Å². The van der Waals surface area contributed by atoms with Crippen LogP contribution in [-0.2, 0) is 46.5 Å². The first kappa shape index (κ1) is 47.6. The molecule has 0 saturated heterocycles. The molecule has 0 atom stereocenters. The average molecular weight is 933 g/mol. The monoisotopic (exact) mass is 930 g/mol. The fourth-order valence-corrected chi connectivity index (χ4v) is 9.42. The van der Waals surface area contributed by atoms with E-state index in [2.05, 4.69) is 123 Å². The van der Waals surface area contributed by atoms with Crippen LogP contribution in [0.25, 0.3) is 43.8 Å². The van der Waals surface area contributed by atoms with Crippen LogP contribution in [0.2, 0.25) is 12.6 Å². The topological polar surface area (TPSA) is 0 Å². The fourth-order valence-electron chi connectivity index (χ4n) is 8.89. The van der Waals surface area contributed by atoms with Crippen molar-refractivity contribution in [2.45, 2.75) is 129 Å². The van der Waals surface area contributed by atoms with Crippen molar-refractivity contribution in [3.05, 3.63) is 131 Å². The predicted octanol–water partition coefficient (Wildman–Crippen LogP) is 17.3. The van der Waals surface area contributed by atoms with E-state index in [1.54, 1.807) is 6.55 Å². The molecule has 59 heavy (non-hydrogen) atoms. The number of hydrogen-bond acceptors (Lipinski definition) is 0. The van der Waals surface area contributed by atoms with Gasteiger partial charge in [-0.05, 0) is 59.8 Å². The zero-order valence-electron chi connectivity index (χ0n) is 35.3. The quantitative estimate of drug-likeness (QED) is 0.0948. The van der Waals surface area contributed by atoms with Crippen LogP contribution in [0.15, 0.2) is 109 Å². The predicted molar refractivity (Wildman–Crippen MR) is 248 cm³/mol. The van der Waals surface area contributed by atoms with Crippen molar-refractivity contribution >= 4 is 48.1 Å². The first-order valence-electron chi connectivity index (χ1n) is 21.9. The van der Waals surface area contributed by atoms with Gasteiger partial charge in [0.2, 0.25) is 0 Å². The first-order chi connectivity index (χ1) is 28.6. The Morgan fingerprint density at radius 2 is 1.00 bits per heavy atom. The standard InChI is InChI=1S/2C24H27.C4H7F3Si.2ClH.Zr/c2*1-2-18-11-13-21(14-12-18)23-10-6-9-22-16-20(17-24(22)23)15-19-7-4-3-5-8-19;1-8-3-2-4(5,6)7;;;/h2*6,9-14,16-17,19H,2-5,7-8,15H2,1H3;2-3H2,1H3;2*1H;/q2*-1;;;;+4/p-2. The van der Waals surface area contributed by atoms with Gasteiger partial charge in [-0.1, -0.05) is 162 Å². The number of halogens is 5. The van der Waals surface area contributed by atoms with E-state index < -0.39 is 33.4 Å². The van der Waals surface area contributed by atoms with Gasteiger partial charge in [0.05, 0.1) is 0 Å². The second kappa shape index (κ2) is 24.9. The summed E-state index contributed by atoms with van der Waals surface area (Å²) in [4.78, 5) is 0. The molecule has 0 aliphatic heterocycles. The van der Waals surface area contributed by atoms with Crippen LogP contribution >= 0.6 is 17.0 Å². The van der Waals surface area contributed by atoms with Gasteiger partial charge in [-0.15, -0.1) is 69.1 Å². The SMILES string of the molecule is CCc1ccc(-c2cccc3[cH-]c(CC4CCCCC4)cc23)cc1.CCc1ccc(-c2cccc3[cH-]c(CC4CCCCC4)cc23)cc1.C[Si]CCC(F)(F)F.[Cl][Zr+2][Cl]. The summed E-state index contributed by atoms with van der Waals surface area (Å²) >= 11 is -0.826. The normalized spacial score (nSPS) is 14.7. The Bertz CT molecular complexity index is 1940. The number of rotatable bonds is 10. The number of fused-ring (bicyclic) bond motifs is 2. The van der Waals surface area contributed by atoms with Gasteiger partial charge in [-0.25, -0.2) is 0 Å². The molecule has 0 unspecified atom stereocenters. The van der Waals surface area contributed by atoms with Crippen molar-refractivity contribution in [1.82, 2.24) is 0 Å². The Kier molecular flexibility index (Phi) is 20.1. The summed E-state index contributed by atoms with van der Waals surface area (Å²) in [6.45, 7) is 6.20. The average Bonchev–Trinajstić information content (AvgIpc) is 3.87. The molecule has 2 fully saturated rings. The third-order valence-electron chi connectivity index (χ3n) is 12.1. The summed E-state index contributed by atoms with van der Waals surface area (Å²) < 4.78 is 33.7. The molecule has 0 amide bonds. The number of hydrogen-bond donors (Lipinski definition) is 0. The molecule has 0 heterocycles. The van der Waals surface area contributed by atoms with Gasteiger partial charge in [-0.3, -0.25) is 0 Å². The van der Waals surface area contributed by atoms with Gasteiger partial charge in [0.25, 0.3) is 0 Å². The Labute approximate surface area is 373 Å². The van der Waals surface area contributed by atoms with Gasteiger partial charge >= 0.3 is 44.1 Å². The van der Waals surface area contributed by atoms with Crippen LogP contribution in [0, 0.1) is 11.8 Å². The van der Waals surface area contributed by atoms with Gasteiger partial charge in [-0.2, -0.15) is 25.3 Å². The second-order valence-electron chi connectivity index (χ2n) is 16.4. The van der Waals surface area contributed by atoms with Crippen molar-refractivity contribution in [2.75, 3.05) is 0 Å². The molecule has 0 aromatic heterocycles. The number of benzene rings is 4. The Morgan fingerprint density at radius 1 is 0.610 bits per heavy atom. The summed E-state index contributed by atoms with van der Waals surface area (Å²) in [6, 6.07) is 41.7. The van der Waals surface area contributed by atoms with Crippen LogP contribution < -0.4 is 0 Å². The molecule has 0 bridgehead atoms. The van der Waals surface area contributed by atoms with E-state index in [0.717, 1.165) is 24.7 Å². The molecule has 6 aromatic rings. The Balaban J connectivity index is 0.000000180. The summed E-state index contributed by atoms with van der Waals surface area (Å²) in [6.07, 6.45) is 14.5. The molecule has 2 radical (unpaired) electrons. The molecule has 0 N–H and O–H groups in total. The number of aryl methyl sites for hydroxylation is 2. The molecule has 2 aliphatic rings. The minimum absolute atomic E-state index is 0.281. The molecular formula is C52H61Cl2F3SiZr. The number of alkyl halides is 3. The van der Waals surface area contributed by atoms with Crippen LogP contribution in [0.4, 0.5) is 13.2 Å². The second-order valence-corrected chi connectivity index (χ2v) is 21.3. The Morgan fingerprint density at radius 3 is 1.32 bits per heavy atom. The van der Waals surface area contributed by atoms with E-state index in [-0.39, 0.29) is 6.04 Å². The zero-order valence-corrected chi connectivity index (χ0v) is 40.2. The molecule has 0 spiro atoms. The molecule has 6 aromatic carbocycles. The van der Waals surface area contributed by atoms with Crippen LogP contribution in [0.3, 0.4) is 0 Å². The molecule has 0 nitrogen and oxygen atoms in total. The van der Waals surface area contributed by atoms with Crippen molar-refractivity contribution in [3.8, 4) is 22.3 Å². The van der Waals surface area contributed by atoms with Gasteiger partial charge in [0.15, 0.2) is 0 Å². The van der Waals surface area contributed by atoms with Crippen molar-refractivity contribution in [2.24, 2.45) is 11.8 Å². The zero-order chi connectivity index (χ0) is 42.0. The molecule has 2 saturated carbocycles. The maximum absolute atomic E-state index is 11.2. The minimum atomic E-state index is -3.94. The third kappa shape index (κ3) is 15.2. The van der Waals surface area contributed by atoms with Gasteiger partial charge in [0.1, 0.15) is 0 Å². The van der Waals surface area contributed by atoms with Gasteiger partial charge in [0, 0.05) is 15.9 Å². The van der Waals surface area contributed by atoms with Crippen molar-refractivity contribution < 1.29 is 34.0 Å². The summed E-state index contributed by atoms with van der Waals surface area (Å²) in [5, 5.41) is 5.65. The Hall–Kier alpha value is -2.43. The fraction of sp³-hybridized carbons (Fsp3) is 0.423. The van der Waals surface area contributed by atoms with Crippen molar-refractivity contribution in [3.63, 3.8) is 0 Å². The maximum atomic E-state index is 11.2.